The van der Waals surface area contributed by atoms with E-state index in [4.69, 9.17) is 22.6 Å². The molecule has 3 aliphatic rings. The van der Waals surface area contributed by atoms with Gasteiger partial charge in [0.05, 0.1) is 31.7 Å². The van der Waals surface area contributed by atoms with Gasteiger partial charge in [-0.05, 0) is 134 Å². The number of imidazole rings is 1. The number of aliphatic hydroxyl groups is 1. The van der Waals surface area contributed by atoms with E-state index in [1.165, 1.54) is 92.9 Å². The van der Waals surface area contributed by atoms with Crippen LogP contribution in [0, 0.1) is 11.3 Å². The van der Waals surface area contributed by atoms with Crippen molar-refractivity contribution in [3.63, 3.8) is 0 Å². The molecular formula is C90H125N23O19S3. The Balaban J connectivity index is 1.10. The number of amides is 17. The first-order valence-corrected chi connectivity index (χ1v) is 48.3. The maximum absolute atomic E-state index is 15.8. The Labute approximate surface area is 793 Å². The van der Waals surface area contributed by atoms with Gasteiger partial charge in [-0.3, -0.25) is 86.9 Å². The number of guanidine groups is 1. The number of para-hydroxylation sites is 1. The smallest absolute Gasteiger partial charge is 0.246 e. The van der Waals surface area contributed by atoms with Crippen LogP contribution in [0.15, 0.2) is 96.9 Å². The number of thiophene rings is 1. The summed E-state index contributed by atoms with van der Waals surface area (Å²) < 4.78 is 0.824. The van der Waals surface area contributed by atoms with Gasteiger partial charge in [-0.1, -0.05) is 82.1 Å². The van der Waals surface area contributed by atoms with Gasteiger partial charge in [-0.2, -0.15) is 11.8 Å². The lowest BCUT2D eigenvalue weighted by Gasteiger charge is -2.36. The van der Waals surface area contributed by atoms with Crippen molar-refractivity contribution in [1.82, 2.24) is 97.9 Å². The number of fused-ring (bicyclic) bond motifs is 4. The fraction of sp³-hybridized carbons (Fsp3) is 0.522. The lowest BCUT2D eigenvalue weighted by molar-refractivity contribution is -0.149. The van der Waals surface area contributed by atoms with Gasteiger partial charge in [0.1, 0.15) is 90.3 Å². The zero-order valence-corrected chi connectivity index (χ0v) is 79.3. The van der Waals surface area contributed by atoms with E-state index in [2.05, 4.69) is 73.4 Å². The van der Waals surface area contributed by atoms with Gasteiger partial charge in [-0.25, -0.2) is 4.98 Å². The number of phenolic OH excluding ortho intramolecular Hbond substituents is 1. The molecule has 732 valence electrons. The molecule has 3 saturated heterocycles. The predicted octanol–water partition coefficient (Wildman–Crippen LogP) is -1.60. The Bertz CT molecular complexity index is 5210. The average molecular weight is 1930 g/mol. The fourth-order valence-electron chi connectivity index (χ4n) is 16.5. The highest BCUT2D eigenvalue weighted by Crippen LogP contribution is 2.30. The number of likely N-dealkylation sites (N-methyl/N-ethyl adjacent to an activating group) is 3. The number of thioether (sulfide) groups is 2. The average Bonchev–Trinajstić information content (AvgIpc) is 1.75. The highest BCUT2D eigenvalue weighted by atomic mass is 32.2. The molecule has 6 aromatic rings. The summed E-state index contributed by atoms with van der Waals surface area (Å²) >= 11 is 3.45. The Kier molecular flexibility index (Phi) is 39.9. The van der Waals surface area contributed by atoms with Gasteiger partial charge < -0.3 is 120 Å². The van der Waals surface area contributed by atoms with Crippen molar-refractivity contribution in [3.05, 3.63) is 119 Å². The van der Waals surface area contributed by atoms with Crippen molar-refractivity contribution >= 4 is 162 Å². The molecule has 1 unspecified atom stereocenters. The summed E-state index contributed by atoms with van der Waals surface area (Å²) in [4.78, 5) is 266. The van der Waals surface area contributed by atoms with Crippen LogP contribution in [0.2, 0.25) is 0 Å². The quantitative estimate of drug-likeness (QED) is 0.0165. The Morgan fingerprint density at radius 2 is 1.15 bits per heavy atom. The van der Waals surface area contributed by atoms with E-state index < -0.39 is 222 Å². The van der Waals surface area contributed by atoms with Crippen molar-refractivity contribution < 1.29 is 91.7 Å². The van der Waals surface area contributed by atoms with Gasteiger partial charge in [0, 0.05) is 106 Å². The van der Waals surface area contributed by atoms with Crippen molar-refractivity contribution in [2.75, 3.05) is 77.4 Å². The number of aromatic nitrogens is 3. The molecule has 0 spiro atoms. The lowest BCUT2D eigenvalue weighted by Crippen LogP contribution is -2.62. The van der Waals surface area contributed by atoms with E-state index in [0.29, 0.717) is 46.1 Å². The highest BCUT2D eigenvalue weighted by molar-refractivity contribution is 8.00. The Hall–Kier alpha value is -12.9. The molecule has 0 bridgehead atoms. The third-order valence-electron chi connectivity index (χ3n) is 23.9. The summed E-state index contributed by atoms with van der Waals surface area (Å²) in [6.45, 7) is 4.82. The molecule has 0 radical (unpaired) electrons. The maximum Gasteiger partial charge on any atom is 0.246 e. The summed E-state index contributed by atoms with van der Waals surface area (Å²) in [7, 11) is 3.94. The normalized spacial score (nSPS) is 24.2. The summed E-state index contributed by atoms with van der Waals surface area (Å²) in [5.41, 5.74) is 19.3. The van der Waals surface area contributed by atoms with Gasteiger partial charge in [0.15, 0.2) is 5.96 Å². The van der Waals surface area contributed by atoms with Crippen LogP contribution in [0.3, 0.4) is 0 Å². The first kappa shape index (κ1) is 106. The Morgan fingerprint density at radius 1 is 0.578 bits per heavy atom. The van der Waals surface area contributed by atoms with E-state index in [-0.39, 0.29) is 121 Å². The number of hydrogen-bond acceptors (Lipinski definition) is 24. The van der Waals surface area contributed by atoms with Gasteiger partial charge in [-0.15, -0.1) is 23.1 Å². The van der Waals surface area contributed by atoms with Crippen LogP contribution in [0.25, 0.3) is 21.0 Å². The second kappa shape index (κ2) is 51.0. The van der Waals surface area contributed by atoms with Gasteiger partial charge in [0.25, 0.3) is 0 Å². The molecule has 0 saturated carbocycles. The summed E-state index contributed by atoms with van der Waals surface area (Å²) in [5, 5.41) is 61.9. The topological polar surface area (TPSA) is 626 Å². The molecular weight excluding hydrogens is 1800 g/mol. The molecule has 3 aromatic heterocycles. The zero-order valence-electron chi connectivity index (χ0n) is 76.8. The molecule has 14 atom stereocenters. The number of hydrogen-bond donors (Lipinski definition) is 19. The van der Waals surface area contributed by atoms with Gasteiger partial charge in [0.2, 0.25) is 100 Å². The van der Waals surface area contributed by atoms with E-state index in [0.717, 1.165) is 41.4 Å². The molecule has 3 aromatic carbocycles. The van der Waals surface area contributed by atoms with Crippen LogP contribution >= 0.6 is 34.9 Å². The number of benzene rings is 3. The molecule has 3 aliphatic heterocycles. The van der Waals surface area contributed by atoms with Crippen LogP contribution in [-0.4, -0.2) is 318 Å². The number of aromatic amines is 2. The van der Waals surface area contributed by atoms with E-state index in [1.54, 1.807) is 62.0 Å². The lowest BCUT2D eigenvalue weighted by atomic mass is 10.00. The number of phenols is 1. The van der Waals surface area contributed by atoms with Gasteiger partial charge >= 0.3 is 0 Å². The summed E-state index contributed by atoms with van der Waals surface area (Å²) in [6, 6.07) is -1.16. The third kappa shape index (κ3) is 29.8. The molecule has 0 aliphatic carbocycles. The fourth-order valence-corrected chi connectivity index (χ4v) is 18.8. The number of carbonyl (C=O) groups is 17. The molecule has 22 N–H and O–H groups in total. The number of H-pyrrole nitrogens is 2. The number of aromatic hydroxyl groups is 1. The SMILES string of the molecule is CCCC[C@H]1C(=O)N(C)[C@@H](CCSC)C(=O)N[C@@H](CCCNC(=N)N)C(=O)NC(C(=O)NCC(N)=O)CSCC(=O)N[C@@H](Cc2ccc(O)cc2)C(=O)N(C)[C@@H](C)C(=O)N[C@@H](CC(N)=O)C(=O)N2CCC[C@H]2C(=O)N[C@@H](Cc2cnc[nH]2)C(=O)N[C@@H](CC(C)C)C(=O)N2CCC[C@H]2C(=O)N[C@@H](Cc2c[nH]c3ccccc23)C(=O)N[C@@H](CO)C(=O)N[C@@H](Cc2csc3ccccc23)C(=O)N1C. The number of carbonyl (C=O) groups excluding carboxylic acids is 17. The molecule has 135 heavy (non-hydrogen) atoms. The molecule has 45 heteroatoms. The molecule has 42 nitrogen and oxygen atoms in total. The van der Waals surface area contributed by atoms with Crippen molar-refractivity contribution in [3.8, 4) is 5.75 Å². The van der Waals surface area contributed by atoms with E-state index in [9.17, 15) is 53.4 Å². The number of rotatable bonds is 26. The van der Waals surface area contributed by atoms with Crippen LogP contribution in [0.5, 0.6) is 5.75 Å². The van der Waals surface area contributed by atoms with Crippen molar-refractivity contribution in [1.29, 1.82) is 5.41 Å². The van der Waals surface area contributed by atoms with Crippen LogP contribution in [0.4, 0.5) is 0 Å². The molecule has 17 amide bonds. The number of nitrogens with one attached hydrogen (secondary N) is 14. The number of unbranched alkanes of at least 4 members (excludes halogenated alkanes) is 1. The van der Waals surface area contributed by atoms with E-state index in [1.807, 2.05) is 25.1 Å². The van der Waals surface area contributed by atoms with Crippen LogP contribution in [0.1, 0.15) is 127 Å². The second-order valence-corrected chi connectivity index (χ2v) is 37.2. The second-order valence-electron chi connectivity index (χ2n) is 34.3. The first-order chi connectivity index (χ1) is 64.4. The molecule has 9 rings (SSSR count). The number of primary amides is 2. The van der Waals surface area contributed by atoms with E-state index >= 15 is 38.4 Å². The van der Waals surface area contributed by atoms with Crippen LogP contribution < -0.4 is 75.7 Å². The summed E-state index contributed by atoms with van der Waals surface area (Å²) in [5.74, 6) is -17.1. The minimum atomic E-state index is -1.84. The minimum Gasteiger partial charge on any atom is -0.508 e. The summed E-state index contributed by atoms with van der Waals surface area (Å²) in [6.07, 6.45) is 5.52. The number of aliphatic hydroxyl groups excluding tert-OH is 1. The zero-order chi connectivity index (χ0) is 98.4. The largest absolute Gasteiger partial charge is 0.508 e. The number of nitrogens with zero attached hydrogens (tertiary/aromatic N) is 6. The van der Waals surface area contributed by atoms with Crippen molar-refractivity contribution in [2.45, 2.75) is 215 Å². The third-order valence-corrected chi connectivity index (χ3v) is 26.6. The standard InChI is InChI=1S/C90H125N23O19S3/c1-9-10-22-71-89(132)110(6)68(30-34-133-8)82(125)101-59(21-15-31-96-90(93)94)78(121)108-67(77(120)98-43-74(92)117)46-134-47-75(118)100-63(36-51-26-28-55(115)29-27-51)85(128)109(5)50(4)76(119)104-65(40-73(91)116)88(131)113-33-17-24-70(113)84(127)103-61(39-54-42-95-48-99-54)80(123)105-62(35-49(2)3)87(130)112-32-16-23-69(112)83(126)102-60(37-52-41-97-58-20-13-11-18-56(52)58)79(122)107-66(44-114)81(124)106-64(86(129)111(71)7)38-53-45-135-72-25-14-12-19-57(53)72/h11-14,18-20,25-29,41-42,45,48-50,59-71,97,114-115H,9-10,15-17,21-24,30-40,43-44,46-47H2,1-8H3,(H2,91,116)(H2,92,117)(H,95,99)(H,98,120)(H,100,118)(H,101,125)(H,102,126)(H,103,127)(H,104,119)(H,105,123)(H,106,124)(H,107,122)(H,108,121)(H4,93,94,96)/t50-,59-,60-,61-,62-,63-,64-,65-,66-,67?,68-,69-,70-,71-/m0/s1. The Morgan fingerprint density at radius 3 is 1.77 bits per heavy atom. The molecule has 6 heterocycles. The van der Waals surface area contributed by atoms with Crippen LogP contribution in [-0.2, 0) is 107 Å². The monoisotopic (exact) mass is 1930 g/mol. The highest BCUT2D eigenvalue weighted by Gasteiger charge is 2.46. The minimum absolute atomic E-state index is 0.00382. The molecule has 3 fully saturated rings. The first-order valence-electron chi connectivity index (χ1n) is 44.9. The predicted molar refractivity (Wildman–Crippen MR) is 505 cm³/mol. The van der Waals surface area contributed by atoms with Crippen molar-refractivity contribution in [2.24, 2.45) is 23.1 Å². The maximum atomic E-state index is 15.8. The number of nitrogens with two attached hydrogens (primary N) is 3.